The topological polar surface area (TPSA) is 46.1 Å². The fourth-order valence-electron chi connectivity index (χ4n) is 2.75. The van der Waals surface area contributed by atoms with E-state index in [1.807, 2.05) is 10.8 Å². The second kappa shape index (κ2) is 5.78. The molecule has 2 aliphatic rings. The molecule has 0 unspecified atom stereocenters. The third kappa shape index (κ3) is 3.83. The molecule has 2 saturated carbocycles. The van der Waals surface area contributed by atoms with E-state index in [4.69, 9.17) is 0 Å². The van der Waals surface area contributed by atoms with Gasteiger partial charge < -0.3 is 15.2 Å². The zero-order valence-corrected chi connectivity index (χ0v) is 11.4. The quantitative estimate of drug-likeness (QED) is 0.820. The van der Waals surface area contributed by atoms with Crippen molar-refractivity contribution in [2.45, 2.75) is 63.7 Å². The van der Waals surface area contributed by atoms with Gasteiger partial charge in [-0.3, -0.25) is 4.79 Å². The molecule has 2 aliphatic carbocycles. The summed E-state index contributed by atoms with van der Waals surface area (Å²) in [5, 5.41) is 6.61. The minimum Gasteiger partial charge on any atom is -0.352 e. The van der Waals surface area contributed by atoms with Crippen LogP contribution in [0.2, 0.25) is 0 Å². The number of nitrogens with one attached hydrogen (secondary N) is 2. The first-order chi connectivity index (χ1) is 9.29. The van der Waals surface area contributed by atoms with Gasteiger partial charge in [-0.1, -0.05) is 12.8 Å². The maximum atomic E-state index is 11.9. The van der Waals surface area contributed by atoms with E-state index in [9.17, 15) is 4.79 Å². The number of carbonyl (C=O) groups excluding carboxylic acids is 1. The van der Waals surface area contributed by atoms with Crippen LogP contribution in [0.25, 0.3) is 0 Å². The molecule has 0 spiro atoms. The fourth-order valence-corrected chi connectivity index (χ4v) is 2.75. The molecular formula is C15H23N3O. The van der Waals surface area contributed by atoms with Crippen molar-refractivity contribution in [1.29, 1.82) is 0 Å². The Balaban J connectivity index is 1.44. The summed E-state index contributed by atoms with van der Waals surface area (Å²) in [6.07, 6.45) is 11.5. The number of rotatable bonds is 6. The van der Waals surface area contributed by atoms with Crippen molar-refractivity contribution in [3.63, 3.8) is 0 Å². The standard InChI is InChI=1S/C15H23N3O/c19-15(17-14-3-1-2-4-14)11-18-8-7-12(10-18)9-16-13-5-6-13/h7-8,10,13-14,16H,1-6,9,11H2,(H,17,19). The van der Waals surface area contributed by atoms with Crippen LogP contribution in [-0.4, -0.2) is 22.6 Å². The zero-order valence-electron chi connectivity index (χ0n) is 11.4. The van der Waals surface area contributed by atoms with E-state index in [1.165, 1.54) is 31.2 Å². The number of nitrogens with zero attached hydrogens (tertiary/aromatic N) is 1. The Morgan fingerprint density at radius 3 is 2.74 bits per heavy atom. The summed E-state index contributed by atoms with van der Waals surface area (Å²) in [5.74, 6) is 0.143. The predicted molar refractivity (Wildman–Crippen MR) is 74.7 cm³/mol. The van der Waals surface area contributed by atoms with Crippen LogP contribution in [0.4, 0.5) is 0 Å². The van der Waals surface area contributed by atoms with Gasteiger partial charge in [-0.05, 0) is 37.3 Å². The number of hydrogen-bond donors (Lipinski definition) is 2. The van der Waals surface area contributed by atoms with Gasteiger partial charge in [-0.2, -0.15) is 0 Å². The molecule has 3 rings (SSSR count). The van der Waals surface area contributed by atoms with Crippen LogP contribution in [0.1, 0.15) is 44.1 Å². The fraction of sp³-hybridized carbons (Fsp3) is 0.667. The Morgan fingerprint density at radius 1 is 1.21 bits per heavy atom. The van der Waals surface area contributed by atoms with Gasteiger partial charge >= 0.3 is 0 Å². The molecule has 0 saturated heterocycles. The molecule has 0 aliphatic heterocycles. The third-order valence-electron chi connectivity index (χ3n) is 4.03. The van der Waals surface area contributed by atoms with E-state index in [0.29, 0.717) is 12.6 Å². The highest BCUT2D eigenvalue weighted by molar-refractivity contribution is 5.76. The average Bonchev–Trinajstić information content (AvgIpc) is 2.88. The van der Waals surface area contributed by atoms with Crippen LogP contribution in [-0.2, 0) is 17.9 Å². The molecule has 1 aromatic heterocycles. The molecule has 1 aromatic rings. The maximum absolute atomic E-state index is 11.9. The lowest BCUT2D eigenvalue weighted by molar-refractivity contribution is -0.122. The molecule has 1 heterocycles. The molecule has 0 aromatic carbocycles. The first kappa shape index (κ1) is 12.7. The first-order valence-electron chi connectivity index (χ1n) is 7.47. The Hall–Kier alpha value is -1.29. The van der Waals surface area contributed by atoms with Crippen molar-refractivity contribution in [3.8, 4) is 0 Å². The van der Waals surface area contributed by atoms with Crippen molar-refractivity contribution in [2.75, 3.05) is 0 Å². The number of amides is 1. The summed E-state index contributed by atoms with van der Waals surface area (Å²) >= 11 is 0. The van der Waals surface area contributed by atoms with Crippen molar-refractivity contribution in [2.24, 2.45) is 0 Å². The summed E-state index contributed by atoms with van der Waals surface area (Å²) in [6, 6.07) is 3.24. The Morgan fingerprint density at radius 2 is 2.00 bits per heavy atom. The van der Waals surface area contributed by atoms with E-state index < -0.39 is 0 Å². The smallest absolute Gasteiger partial charge is 0.240 e. The molecule has 19 heavy (non-hydrogen) atoms. The molecular weight excluding hydrogens is 238 g/mol. The molecule has 4 nitrogen and oxygen atoms in total. The Labute approximate surface area is 114 Å². The predicted octanol–water partition coefficient (Wildman–Crippen LogP) is 1.80. The Kier molecular flexibility index (Phi) is 3.87. The van der Waals surface area contributed by atoms with E-state index in [0.717, 1.165) is 25.4 Å². The van der Waals surface area contributed by atoms with Crippen molar-refractivity contribution < 1.29 is 4.79 Å². The van der Waals surface area contributed by atoms with Gasteiger partial charge in [0.15, 0.2) is 0 Å². The van der Waals surface area contributed by atoms with Crippen LogP contribution >= 0.6 is 0 Å². The summed E-state index contributed by atoms with van der Waals surface area (Å²) < 4.78 is 1.98. The molecule has 2 N–H and O–H groups in total. The normalized spacial score (nSPS) is 19.8. The van der Waals surface area contributed by atoms with E-state index in [-0.39, 0.29) is 5.91 Å². The summed E-state index contributed by atoms with van der Waals surface area (Å²) in [5.41, 5.74) is 1.26. The first-order valence-corrected chi connectivity index (χ1v) is 7.47. The SMILES string of the molecule is O=C(Cn1ccc(CNC2CC2)c1)NC1CCCC1. The molecule has 1 amide bonds. The van der Waals surface area contributed by atoms with E-state index in [2.05, 4.69) is 22.9 Å². The highest BCUT2D eigenvalue weighted by atomic mass is 16.2. The number of aromatic nitrogens is 1. The summed E-state index contributed by atoms with van der Waals surface area (Å²) in [6.45, 7) is 1.36. The number of carbonyl (C=O) groups is 1. The minimum absolute atomic E-state index is 0.143. The van der Waals surface area contributed by atoms with Gasteiger partial charge in [-0.15, -0.1) is 0 Å². The van der Waals surface area contributed by atoms with Gasteiger partial charge in [0.2, 0.25) is 5.91 Å². The van der Waals surface area contributed by atoms with Gasteiger partial charge in [0.05, 0.1) is 0 Å². The molecule has 0 bridgehead atoms. The molecule has 4 heteroatoms. The lowest BCUT2D eigenvalue weighted by Gasteiger charge is -2.12. The highest BCUT2D eigenvalue weighted by Crippen LogP contribution is 2.19. The summed E-state index contributed by atoms with van der Waals surface area (Å²) in [4.78, 5) is 11.9. The van der Waals surface area contributed by atoms with Crippen molar-refractivity contribution >= 4 is 5.91 Å². The van der Waals surface area contributed by atoms with E-state index >= 15 is 0 Å². The lowest BCUT2D eigenvalue weighted by atomic mass is 10.2. The van der Waals surface area contributed by atoms with Gasteiger partial charge in [-0.25, -0.2) is 0 Å². The average molecular weight is 261 g/mol. The minimum atomic E-state index is 0.143. The lowest BCUT2D eigenvalue weighted by Crippen LogP contribution is -2.34. The van der Waals surface area contributed by atoms with E-state index in [1.54, 1.807) is 0 Å². The van der Waals surface area contributed by atoms with Crippen LogP contribution in [0.15, 0.2) is 18.5 Å². The van der Waals surface area contributed by atoms with Gasteiger partial charge in [0, 0.05) is 31.0 Å². The third-order valence-corrected chi connectivity index (χ3v) is 4.03. The van der Waals surface area contributed by atoms with Gasteiger partial charge in [0.25, 0.3) is 0 Å². The van der Waals surface area contributed by atoms with Crippen LogP contribution in [0.5, 0.6) is 0 Å². The van der Waals surface area contributed by atoms with Gasteiger partial charge in [0.1, 0.15) is 6.54 Å². The monoisotopic (exact) mass is 261 g/mol. The highest BCUT2D eigenvalue weighted by Gasteiger charge is 2.20. The molecule has 2 fully saturated rings. The largest absolute Gasteiger partial charge is 0.352 e. The molecule has 0 radical (unpaired) electrons. The number of hydrogen-bond acceptors (Lipinski definition) is 2. The second-order valence-electron chi connectivity index (χ2n) is 5.90. The maximum Gasteiger partial charge on any atom is 0.240 e. The summed E-state index contributed by atoms with van der Waals surface area (Å²) in [7, 11) is 0. The van der Waals surface area contributed by atoms with Crippen LogP contribution in [0, 0.1) is 0 Å². The van der Waals surface area contributed by atoms with Crippen molar-refractivity contribution in [1.82, 2.24) is 15.2 Å². The second-order valence-corrected chi connectivity index (χ2v) is 5.90. The van der Waals surface area contributed by atoms with Crippen LogP contribution < -0.4 is 10.6 Å². The van der Waals surface area contributed by atoms with Crippen molar-refractivity contribution in [3.05, 3.63) is 24.0 Å². The zero-order chi connectivity index (χ0) is 13.1. The van der Waals surface area contributed by atoms with Crippen LogP contribution in [0.3, 0.4) is 0 Å². The molecule has 0 atom stereocenters. The Bertz CT molecular complexity index is 430. The molecule has 104 valence electrons.